The monoisotopic (exact) mass is 613 g/mol. The molecule has 0 aliphatic carbocycles. The Kier molecular flexibility index (Phi) is 12.8. The molecule has 2 N–H and O–H groups in total. The van der Waals surface area contributed by atoms with Crippen LogP contribution in [0, 0.1) is 27.7 Å². The van der Waals surface area contributed by atoms with Gasteiger partial charge in [0.15, 0.2) is 0 Å². The Morgan fingerprint density at radius 1 is 0.822 bits per heavy atom. The summed E-state index contributed by atoms with van der Waals surface area (Å²) < 4.78 is 5.58. The minimum absolute atomic E-state index is 0.252. The molecule has 0 saturated carbocycles. The van der Waals surface area contributed by atoms with Crippen LogP contribution in [0.2, 0.25) is 0 Å². The Hall–Kier alpha value is -4.13. The number of rotatable bonds is 13. The Morgan fingerprint density at radius 3 is 2.02 bits per heavy atom. The standard InChI is InChI=1S/C38H51N3O4/c1-9-10-11-15-21-41(36(43)32(25-30-19-13-12-14-20-30)39-37(44)45-38(6,7)8)34(31-23-26(2)22-27(3)24-31)35(42)40-33-28(4)17-16-18-29(33)5/h12-14,16-20,22-24,32,34H,9-11,15,21,25H2,1-8H3,(H,39,44)(H,40,42). The van der Waals surface area contributed by atoms with E-state index >= 15 is 0 Å². The van der Waals surface area contributed by atoms with E-state index in [1.165, 1.54) is 0 Å². The number of ether oxygens (including phenoxy) is 1. The van der Waals surface area contributed by atoms with Gasteiger partial charge in [0.1, 0.15) is 17.7 Å². The number of amides is 3. The fourth-order valence-electron chi connectivity index (χ4n) is 5.62. The topological polar surface area (TPSA) is 87.7 Å². The van der Waals surface area contributed by atoms with Crippen molar-refractivity contribution in [3.05, 3.63) is 100 Å². The quantitative estimate of drug-likeness (QED) is 0.191. The molecule has 3 amide bonds. The third-order valence-corrected chi connectivity index (χ3v) is 7.66. The van der Waals surface area contributed by atoms with Crippen LogP contribution in [0.1, 0.15) is 92.8 Å². The maximum Gasteiger partial charge on any atom is 0.408 e. The number of para-hydroxylation sites is 1. The number of unbranched alkanes of at least 4 members (excludes halogenated alkanes) is 3. The molecule has 3 rings (SSSR count). The molecule has 0 bridgehead atoms. The van der Waals surface area contributed by atoms with Crippen LogP contribution in [0.25, 0.3) is 0 Å². The van der Waals surface area contributed by atoms with Gasteiger partial charge in [0.05, 0.1) is 0 Å². The highest BCUT2D eigenvalue weighted by Crippen LogP contribution is 2.29. The number of hydrogen-bond donors (Lipinski definition) is 2. The second kappa shape index (κ2) is 16.3. The minimum Gasteiger partial charge on any atom is -0.444 e. The molecule has 3 aromatic carbocycles. The molecular weight excluding hydrogens is 562 g/mol. The highest BCUT2D eigenvalue weighted by Gasteiger charge is 2.36. The molecular formula is C38H51N3O4. The second-order valence-corrected chi connectivity index (χ2v) is 13.1. The van der Waals surface area contributed by atoms with Gasteiger partial charge >= 0.3 is 6.09 Å². The summed E-state index contributed by atoms with van der Waals surface area (Å²) in [5.41, 5.74) is 5.51. The molecule has 0 aliphatic rings. The third kappa shape index (κ3) is 10.8. The molecule has 3 aromatic rings. The molecule has 2 atom stereocenters. The van der Waals surface area contributed by atoms with Crippen molar-refractivity contribution in [3.63, 3.8) is 0 Å². The molecule has 7 nitrogen and oxygen atoms in total. The lowest BCUT2D eigenvalue weighted by molar-refractivity contribution is -0.140. The molecule has 2 unspecified atom stereocenters. The first-order valence-electron chi connectivity index (χ1n) is 16.1. The van der Waals surface area contributed by atoms with Crippen LogP contribution in [0.4, 0.5) is 10.5 Å². The number of hydrogen-bond acceptors (Lipinski definition) is 4. The number of nitrogens with zero attached hydrogens (tertiary/aromatic N) is 1. The smallest absolute Gasteiger partial charge is 0.408 e. The van der Waals surface area contributed by atoms with Crippen LogP contribution in [0.3, 0.4) is 0 Å². The minimum atomic E-state index is -0.949. The molecule has 7 heteroatoms. The molecule has 0 saturated heterocycles. The van der Waals surface area contributed by atoms with Gasteiger partial charge in [0.2, 0.25) is 5.91 Å². The van der Waals surface area contributed by atoms with Crippen LogP contribution in [0.15, 0.2) is 66.7 Å². The van der Waals surface area contributed by atoms with E-state index < -0.39 is 23.8 Å². The number of alkyl carbamates (subject to hydrolysis) is 1. The first-order valence-corrected chi connectivity index (χ1v) is 16.1. The van der Waals surface area contributed by atoms with Crippen LogP contribution < -0.4 is 10.6 Å². The summed E-state index contributed by atoms with van der Waals surface area (Å²) in [5, 5.41) is 6.02. The Bertz CT molecular complexity index is 1400. The van der Waals surface area contributed by atoms with Crippen molar-refractivity contribution >= 4 is 23.6 Å². The van der Waals surface area contributed by atoms with Gasteiger partial charge in [-0.2, -0.15) is 0 Å². The van der Waals surface area contributed by atoms with E-state index in [0.29, 0.717) is 6.54 Å². The van der Waals surface area contributed by atoms with Gasteiger partial charge < -0.3 is 20.3 Å². The number of aryl methyl sites for hydroxylation is 4. The third-order valence-electron chi connectivity index (χ3n) is 7.66. The van der Waals surface area contributed by atoms with E-state index in [1.54, 1.807) is 25.7 Å². The average molecular weight is 614 g/mol. The Balaban J connectivity index is 2.13. The number of nitrogens with one attached hydrogen (secondary N) is 2. The number of benzene rings is 3. The average Bonchev–Trinajstić information content (AvgIpc) is 2.95. The fourth-order valence-corrected chi connectivity index (χ4v) is 5.62. The predicted octanol–water partition coefficient (Wildman–Crippen LogP) is 8.14. The van der Waals surface area contributed by atoms with Crippen LogP contribution >= 0.6 is 0 Å². The highest BCUT2D eigenvalue weighted by atomic mass is 16.6. The number of carbonyl (C=O) groups is 3. The van der Waals surface area contributed by atoms with Gasteiger partial charge in [0, 0.05) is 18.7 Å². The fraction of sp³-hybridized carbons (Fsp3) is 0.447. The highest BCUT2D eigenvalue weighted by molar-refractivity contribution is 6.00. The summed E-state index contributed by atoms with van der Waals surface area (Å²) in [7, 11) is 0. The zero-order chi connectivity index (χ0) is 33.1. The maximum absolute atomic E-state index is 14.8. The molecule has 242 valence electrons. The number of anilines is 1. The molecule has 0 fully saturated rings. The van der Waals surface area contributed by atoms with Gasteiger partial charge in [-0.1, -0.05) is 104 Å². The predicted molar refractivity (Wildman–Crippen MR) is 182 cm³/mol. The van der Waals surface area contributed by atoms with Gasteiger partial charge in [-0.25, -0.2) is 4.79 Å². The summed E-state index contributed by atoms with van der Waals surface area (Å²) in [4.78, 5) is 44.0. The molecule has 0 spiro atoms. The van der Waals surface area contributed by atoms with E-state index in [0.717, 1.165) is 64.8 Å². The lowest BCUT2D eigenvalue weighted by Crippen LogP contribution is -2.53. The van der Waals surface area contributed by atoms with Crippen molar-refractivity contribution in [2.24, 2.45) is 0 Å². The summed E-state index contributed by atoms with van der Waals surface area (Å²) in [5.74, 6) is -0.626. The molecule has 45 heavy (non-hydrogen) atoms. The van der Waals surface area contributed by atoms with Gasteiger partial charge in [-0.15, -0.1) is 0 Å². The van der Waals surface area contributed by atoms with E-state index in [-0.39, 0.29) is 18.2 Å². The van der Waals surface area contributed by atoms with Gasteiger partial charge in [-0.05, 0) is 77.1 Å². The molecule has 0 heterocycles. The zero-order valence-corrected chi connectivity index (χ0v) is 28.3. The van der Waals surface area contributed by atoms with Crippen molar-refractivity contribution in [2.75, 3.05) is 11.9 Å². The first kappa shape index (κ1) is 35.4. The van der Waals surface area contributed by atoms with Crippen molar-refractivity contribution in [3.8, 4) is 0 Å². The molecule has 0 aromatic heterocycles. The summed E-state index contributed by atoms with van der Waals surface area (Å²) >= 11 is 0. The van der Waals surface area contributed by atoms with Crippen LogP contribution in [-0.4, -0.2) is 41.0 Å². The SMILES string of the molecule is CCCCCCN(C(=O)C(Cc1ccccc1)NC(=O)OC(C)(C)C)C(C(=O)Nc1c(C)cccc1C)c1cc(C)cc(C)c1. The van der Waals surface area contributed by atoms with E-state index in [4.69, 9.17) is 4.74 Å². The molecule has 0 radical (unpaired) electrons. The van der Waals surface area contributed by atoms with Gasteiger partial charge in [-0.3, -0.25) is 9.59 Å². The Morgan fingerprint density at radius 2 is 1.44 bits per heavy atom. The van der Waals surface area contributed by atoms with Crippen molar-refractivity contribution in [1.82, 2.24) is 10.2 Å². The van der Waals surface area contributed by atoms with Gasteiger partial charge in [0.25, 0.3) is 5.91 Å². The summed E-state index contributed by atoms with van der Waals surface area (Å²) in [6.07, 6.45) is 3.28. The second-order valence-electron chi connectivity index (χ2n) is 13.1. The summed E-state index contributed by atoms with van der Waals surface area (Å²) in [6.45, 7) is 15.8. The van der Waals surface area contributed by atoms with E-state index in [1.807, 2.05) is 88.4 Å². The normalized spacial score (nSPS) is 12.6. The molecule has 0 aliphatic heterocycles. The van der Waals surface area contributed by atoms with Crippen LogP contribution in [-0.2, 0) is 20.7 Å². The van der Waals surface area contributed by atoms with E-state index in [9.17, 15) is 14.4 Å². The van der Waals surface area contributed by atoms with Crippen molar-refractivity contribution < 1.29 is 19.1 Å². The van der Waals surface area contributed by atoms with Crippen LogP contribution in [0.5, 0.6) is 0 Å². The first-order chi connectivity index (χ1) is 21.3. The number of carbonyl (C=O) groups excluding carboxylic acids is 3. The van der Waals surface area contributed by atoms with Crippen molar-refractivity contribution in [1.29, 1.82) is 0 Å². The zero-order valence-electron chi connectivity index (χ0n) is 28.3. The van der Waals surface area contributed by atoms with Crippen molar-refractivity contribution in [2.45, 2.75) is 105 Å². The Labute approximate surface area is 269 Å². The largest absolute Gasteiger partial charge is 0.444 e. The lowest BCUT2D eigenvalue weighted by Gasteiger charge is -2.35. The lowest BCUT2D eigenvalue weighted by atomic mass is 9.96. The summed E-state index contributed by atoms with van der Waals surface area (Å²) in [6, 6.07) is 19.6. The maximum atomic E-state index is 14.8. The van der Waals surface area contributed by atoms with E-state index in [2.05, 4.69) is 23.6 Å².